The van der Waals surface area contributed by atoms with Crippen LogP contribution in [0.4, 0.5) is 5.69 Å². The molecule has 2 aromatic carbocycles. The van der Waals surface area contributed by atoms with E-state index in [1.807, 2.05) is 61.5 Å². The van der Waals surface area contributed by atoms with Crippen LogP contribution in [0.2, 0.25) is 5.02 Å². The highest BCUT2D eigenvalue weighted by Gasteiger charge is 2.46. The Balaban J connectivity index is 1.67. The lowest BCUT2D eigenvalue weighted by Crippen LogP contribution is -2.60. The van der Waals surface area contributed by atoms with E-state index in [0.29, 0.717) is 44.4 Å². The molecule has 1 aliphatic heterocycles. The maximum absolute atomic E-state index is 13.3. The average molecular weight is 480 g/mol. The van der Waals surface area contributed by atoms with Crippen molar-refractivity contribution in [3.8, 4) is 11.3 Å². The van der Waals surface area contributed by atoms with Crippen LogP contribution < -0.4 is 15.1 Å². The Morgan fingerprint density at radius 1 is 1.18 bits per heavy atom. The fourth-order valence-electron chi connectivity index (χ4n) is 3.99. The van der Waals surface area contributed by atoms with Gasteiger partial charge in [0.25, 0.3) is 0 Å². The highest BCUT2D eigenvalue weighted by molar-refractivity contribution is 7.98. The van der Waals surface area contributed by atoms with Crippen molar-refractivity contribution in [3.63, 3.8) is 0 Å². The van der Waals surface area contributed by atoms with E-state index < -0.39 is 6.17 Å². The number of nitrogens with one attached hydrogen (secondary N) is 1. The summed E-state index contributed by atoms with van der Waals surface area (Å²) >= 11 is 7.65. The van der Waals surface area contributed by atoms with Crippen molar-refractivity contribution < 1.29 is 13.9 Å². The molecule has 0 fully saturated rings. The van der Waals surface area contributed by atoms with Gasteiger partial charge in [-0.1, -0.05) is 53.7 Å². The first-order valence-electron chi connectivity index (χ1n) is 10.3. The van der Waals surface area contributed by atoms with Crippen molar-refractivity contribution in [1.82, 2.24) is 10.1 Å². The zero-order valence-corrected chi connectivity index (χ0v) is 19.5. The molecule has 1 N–H and O–H groups in total. The summed E-state index contributed by atoms with van der Waals surface area (Å²) in [5.74, 6) is 1.56. The van der Waals surface area contributed by atoms with Crippen LogP contribution in [0.1, 0.15) is 30.2 Å². The van der Waals surface area contributed by atoms with Crippen LogP contribution in [0.25, 0.3) is 11.3 Å². The van der Waals surface area contributed by atoms with Crippen molar-refractivity contribution in [1.29, 1.82) is 0 Å². The van der Waals surface area contributed by atoms with Crippen LogP contribution in [0, 0.1) is 6.92 Å². The third kappa shape index (κ3) is 3.85. The minimum Gasteiger partial charge on any atom is -0.457 e. The normalized spacial score (nSPS) is 14.6. The first-order valence-corrected chi connectivity index (χ1v) is 11.7. The number of aromatic nitrogens is 3. The number of anilines is 1. The van der Waals surface area contributed by atoms with Gasteiger partial charge < -0.3 is 4.42 Å². The maximum Gasteiger partial charge on any atom is 0.325 e. The quantitative estimate of drug-likeness (QED) is 0.344. The zero-order valence-electron chi connectivity index (χ0n) is 17.9. The molecule has 0 radical (unpaired) electrons. The smallest absolute Gasteiger partial charge is 0.325 e. The van der Waals surface area contributed by atoms with E-state index >= 15 is 0 Å². The lowest BCUT2D eigenvalue weighted by Gasteiger charge is -2.30. The second kappa shape index (κ2) is 8.53. The van der Waals surface area contributed by atoms with Crippen LogP contribution >= 0.6 is 23.4 Å². The van der Waals surface area contributed by atoms with Crippen LogP contribution in [-0.4, -0.2) is 16.0 Å². The number of thioether (sulfide) groups is 1. The fraction of sp³-hybridized carbons (Fsp3) is 0.167. The number of para-hydroxylation sites is 1. The Morgan fingerprint density at radius 2 is 1.94 bits per heavy atom. The monoisotopic (exact) mass is 479 g/mol. The molecule has 0 bridgehead atoms. The van der Waals surface area contributed by atoms with Gasteiger partial charge in [-0.25, -0.2) is 4.90 Å². The van der Waals surface area contributed by atoms with Gasteiger partial charge in [-0.2, -0.15) is 0 Å². The molecule has 0 saturated heterocycles. The Hall–Kier alpha value is -3.36. The van der Waals surface area contributed by atoms with Crippen LogP contribution in [-0.2, 0) is 10.5 Å². The Morgan fingerprint density at radius 3 is 2.67 bits per heavy atom. The molecule has 5 rings (SSSR count). The molecule has 1 amide bonds. The number of aryl methyl sites for hydroxylation is 1. The molecule has 4 aromatic rings. The molecule has 3 heterocycles. The zero-order chi connectivity index (χ0) is 23.1. The number of furan rings is 1. The predicted octanol–water partition coefficient (Wildman–Crippen LogP) is 4.48. The summed E-state index contributed by atoms with van der Waals surface area (Å²) in [5, 5.41) is 5.81. The molecule has 0 saturated carbocycles. The third-order valence-corrected chi connectivity index (χ3v) is 6.72. The molecule has 2 aromatic heterocycles. The second-order valence-electron chi connectivity index (χ2n) is 7.66. The van der Waals surface area contributed by atoms with Gasteiger partial charge in [-0.15, -0.1) is 0 Å². The molecule has 0 aliphatic carbocycles. The summed E-state index contributed by atoms with van der Waals surface area (Å²) < 4.78 is 7.49. The van der Waals surface area contributed by atoms with Crippen molar-refractivity contribution in [2.45, 2.75) is 30.9 Å². The van der Waals surface area contributed by atoms with Gasteiger partial charge in [0.15, 0.2) is 5.76 Å². The van der Waals surface area contributed by atoms with Gasteiger partial charge in [0, 0.05) is 22.8 Å². The molecule has 1 atom stereocenters. The average Bonchev–Trinajstić information content (AvgIpc) is 3.23. The van der Waals surface area contributed by atoms with E-state index in [4.69, 9.17) is 21.1 Å². The summed E-state index contributed by atoms with van der Waals surface area (Å²) in [4.78, 5) is 30.6. The van der Waals surface area contributed by atoms with E-state index in [1.165, 1.54) is 18.7 Å². The third-order valence-electron chi connectivity index (χ3n) is 5.44. The molecule has 166 valence electrons. The summed E-state index contributed by atoms with van der Waals surface area (Å²) in [6.45, 7) is 3.32. The fourth-order valence-corrected chi connectivity index (χ4v) is 5.13. The van der Waals surface area contributed by atoms with Crippen molar-refractivity contribution in [2.75, 3.05) is 4.90 Å². The molecular weight excluding hydrogens is 460 g/mol. The number of H-pyrrole nitrogens is 1. The number of halogens is 1. The number of carbonyl (C=O) groups excluding carboxylic acids is 1. The Bertz CT molecular complexity index is 1430. The lowest BCUT2D eigenvalue weighted by molar-refractivity contribution is -0.764. The summed E-state index contributed by atoms with van der Waals surface area (Å²) in [6, 6.07) is 18.5. The van der Waals surface area contributed by atoms with Crippen molar-refractivity contribution >= 4 is 35.0 Å². The van der Waals surface area contributed by atoms with E-state index in [2.05, 4.69) is 4.98 Å². The molecule has 1 aliphatic rings. The topological polar surface area (TPSA) is 83.1 Å². The van der Waals surface area contributed by atoms with Gasteiger partial charge in [0.05, 0.1) is 11.3 Å². The van der Waals surface area contributed by atoms with Gasteiger partial charge in [0.1, 0.15) is 5.76 Å². The SMILES string of the molecule is CC(=O)N1c2ccccc2-c2c(=O)[nH]c(SCc3ccccc3Cl)n[n+]2[C@@H]1c1ccc(C)o1. The molecule has 0 unspecified atom stereocenters. The lowest BCUT2D eigenvalue weighted by atomic mass is 10.0. The summed E-state index contributed by atoms with van der Waals surface area (Å²) in [6.07, 6.45) is -0.733. The predicted molar refractivity (Wildman–Crippen MR) is 126 cm³/mol. The standard InChI is InChI=1S/C24H19ClN4O3S/c1-14-11-12-20(32-14)23-28(15(2)30)19-10-6-4-8-17(19)21-22(31)26-24(27-29(21)23)33-13-16-7-3-5-9-18(16)25/h3-12,23H,13H2,1-2H3/p+1/t23-/m1/s1. The summed E-state index contributed by atoms with van der Waals surface area (Å²) in [7, 11) is 0. The maximum atomic E-state index is 13.3. The number of hydrogen-bond donors (Lipinski definition) is 1. The Kier molecular flexibility index (Phi) is 5.55. The van der Waals surface area contributed by atoms with E-state index in [0.717, 1.165) is 5.56 Å². The van der Waals surface area contributed by atoms with E-state index in [1.54, 1.807) is 15.6 Å². The number of benzene rings is 2. The molecule has 9 heteroatoms. The largest absolute Gasteiger partial charge is 0.457 e. The number of nitrogens with zero attached hydrogens (tertiary/aromatic N) is 3. The van der Waals surface area contributed by atoms with Gasteiger partial charge in [-0.05, 0) is 47.5 Å². The second-order valence-corrected chi connectivity index (χ2v) is 9.03. The molecular formula is C24H20ClN4O3S+. The molecule has 0 spiro atoms. The van der Waals surface area contributed by atoms with Crippen LogP contribution in [0.15, 0.2) is 75.0 Å². The van der Waals surface area contributed by atoms with Crippen molar-refractivity contribution in [2.24, 2.45) is 0 Å². The number of aromatic amines is 1. The number of amides is 1. The first kappa shape index (κ1) is 21.5. The molecule has 7 nitrogen and oxygen atoms in total. The van der Waals surface area contributed by atoms with E-state index in [9.17, 15) is 9.59 Å². The highest BCUT2D eigenvalue weighted by atomic mass is 35.5. The van der Waals surface area contributed by atoms with Crippen LogP contribution in [0.5, 0.6) is 0 Å². The number of fused-ring (bicyclic) bond motifs is 3. The van der Waals surface area contributed by atoms with Gasteiger partial charge >= 0.3 is 17.4 Å². The summed E-state index contributed by atoms with van der Waals surface area (Å²) in [5.41, 5.74) is 2.26. The first-order chi connectivity index (χ1) is 15.9. The highest BCUT2D eigenvalue weighted by Crippen LogP contribution is 2.37. The van der Waals surface area contributed by atoms with Crippen molar-refractivity contribution in [3.05, 3.63) is 93.1 Å². The number of rotatable bonds is 4. The van der Waals surface area contributed by atoms with E-state index in [-0.39, 0.29) is 11.5 Å². The Labute approximate surface area is 199 Å². The van der Waals surface area contributed by atoms with Crippen LogP contribution in [0.3, 0.4) is 0 Å². The number of carbonyl (C=O) groups is 1. The number of hydrogen-bond acceptors (Lipinski definition) is 5. The minimum absolute atomic E-state index is 0.188. The minimum atomic E-state index is -0.733. The molecule has 33 heavy (non-hydrogen) atoms. The van der Waals surface area contributed by atoms with Gasteiger partial charge in [-0.3, -0.25) is 14.6 Å². The van der Waals surface area contributed by atoms with Gasteiger partial charge in [0.2, 0.25) is 11.1 Å².